The van der Waals surface area contributed by atoms with E-state index in [4.69, 9.17) is 0 Å². The van der Waals surface area contributed by atoms with Gasteiger partial charge in [-0.05, 0) is 68.3 Å². The molecule has 0 aliphatic heterocycles. The van der Waals surface area contributed by atoms with Crippen LogP contribution in [0, 0.1) is 30.6 Å². The number of aryl methyl sites for hydroxylation is 1. The average molecular weight is 322 g/mol. The third-order valence-corrected chi connectivity index (χ3v) is 6.89. The second kappa shape index (κ2) is 5.19. The minimum atomic E-state index is -0.708. The molecule has 126 valence electrons. The molecule has 1 aromatic heterocycles. The van der Waals surface area contributed by atoms with Crippen LogP contribution in [0.4, 0.5) is 0 Å². The molecule has 0 unspecified atom stereocenters. The van der Waals surface area contributed by atoms with E-state index in [1.54, 1.807) is 0 Å². The lowest BCUT2D eigenvalue weighted by Crippen LogP contribution is -2.56. The number of aliphatic hydroxyl groups is 1. The maximum Gasteiger partial charge on any atom is 0.141 e. The smallest absolute Gasteiger partial charge is 0.141 e. The van der Waals surface area contributed by atoms with Gasteiger partial charge in [-0.2, -0.15) is 0 Å². The second-order valence-corrected chi connectivity index (χ2v) is 8.50. The highest BCUT2D eigenvalue weighted by Crippen LogP contribution is 2.61. The number of imidazole rings is 1. The van der Waals surface area contributed by atoms with E-state index in [-0.39, 0.29) is 0 Å². The van der Waals surface area contributed by atoms with Crippen molar-refractivity contribution in [1.82, 2.24) is 9.55 Å². The Labute approximate surface area is 143 Å². The molecule has 3 heteroatoms. The van der Waals surface area contributed by atoms with Gasteiger partial charge in [0.15, 0.2) is 0 Å². The topological polar surface area (TPSA) is 38.0 Å². The Hall–Kier alpha value is -1.61. The Morgan fingerprint density at radius 2 is 1.83 bits per heavy atom. The molecule has 6 rings (SSSR count). The molecule has 4 bridgehead atoms. The van der Waals surface area contributed by atoms with E-state index in [0.29, 0.717) is 11.8 Å². The summed E-state index contributed by atoms with van der Waals surface area (Å²) in [6.45, 7) is 2.93. The zero-order valence-corrected chi connectivity index (χ0v) is 14.4. The van der Waals surface area contributed by atoms with Crippen molar-refractivity contribution >= 4 is 0 Å². The van der Waals surface area contributed by atoms with Gasteiger partial charge in [-0.3, -0.25) is 0 Å². The lowest BCUT2D eigenvalue weighted by molar-refractivity contribution is -0.185. The first-order valence-electron chi connectivity index (χ1n) is 9.42. The van der Waals surface area contributed by atoms with Crippen LogP contribution in [0.3, 0.4) is 0 Å². The monoisotopic (exact) mass is 322 g/mol. The van der Waals surface area contributed by atoms with E-state index in [0.717, 1.165) is 24.2 Å². The van der Waals surface area contributed by atoms with Crippen molar-refractivity contribution < 1.29 is 5.11 Å². The molecule has 0 spiro atoms. The van der Waals surface area contributed by atoms with Crippen LogP contribution in [0.1, 0.15) is 49.1 Å². The molecule has 0 saturated heterocycles. The quantitative estimate of drug-likeness (QED) is 0.931. The lowest BCUT2D eigenvalue weighted by atomic mass is 9.49. The number of hydrogen-bond acceptors (Lipinski definition) is 2. The van der Waals surface area contributed by atoms with Crippen molar-refractivity contribution in [2.45, 2.75) is 51.2 Å². The van der Waals surface area contributed by atoms with Crippen LogP contribution in [0.25, 0.3) is 0 Å². The van der Waals surface area contributed by atoms with Gasteiger partial charge in [-0.1, -0.05) is 29.8 Å². The molecule has 0 atom stereocenters. The fourth-order valence-electron chi connectivity index (χ4n) is 6.07. The number of nitrogens with zero attached hydrogens (tertiary/aromatic N) is 2. The van der Waals surface area contributed by atoms with Crippen LogP contribution >= 0.6 is 0 Å². The summed E-state index contributed by atoms with van der Waals surface area (Å²) in [7, 11) is 0. The number of aromatic nitrogens is 2. The largest absolute Gasteiger partial charge is 0.381 e. The highest BCUT2D eigenvalue weighted by molar-refractivity contribution is 5.24. The molecule has 1 heterocycles. The summed E-state index contributed by atoms with van der Waals surface area (Å²) in [4.78, 5) is 4.67. The number of rotatable bonds is 3. The van der Waals surface area contributed by atoms with Gasteiger partial charge < -0.3 is 9.67 Å². The minimum absolute atomic E-state index is 0.410. The van der Waals surface area contributed by atoms with Crippen molar-refractivity contribution in [1.29, 1.82) is 0 Å². The molecule has 0 radical (unpaired) electrons. The first-order valence-corrected chi connectivity index (χ1v) is 9.42. The fourth-order valence-corrected chi connectivity index (χ4v) is 6.07. The molecule has 24 heavy (non-hydrogen) atoms. The van der Waals surface area contributed by atoms with Crippen LogP contribution in [-0.4, -0.2) is 14.7 Å². The molecular weight excluding hydrogens is 296 g/mol. The second-order valence-electron chi connectivity index (χ2n) is 8.50. The third kappa shape index (κ3) is 2.10. The van der Waals surface area contributed by atoms with Gasteiger partial charge in [-0.25, -0.2) is 4.98 Å². The summed E-state index contributed by atoms with van der Waals surface area (Å²) in [5.74, 6) is 3.44. The molecule has 4 aliphatic carbocycles. The Morgan fingerprint density at radius 3 is 2.50 bits per heavy atom. The van der Waals surface area contributed by atoms with Gasteiger partial charge in [0.1, 0.15) is 11.4 Å². The first kappa shape index (κ1) is 14.7. The van der Waals surface area contributed by atoms with E-state index in [9.17, 15) is 5.11 Å². The molecule has 2 aromatic rings. The van der Waals surface area contributed by atoms with E-state index < -0.39 is 5.60 Å². The normalized spacial score (nSPS) is 37.1. The summed E-state index contributed by atoms with van der Waals surface area (Å²) in [5, 5.41) is 11.8. The van der Waals surface area contributed by atoms with Gasteiger partial charge in [0, 0.05) is 18.9 Å². The lowest BCUT2D eigenvalue weighted by Gasteiger charge is -2.58. The number of benzene rings is 1. The molecule has 3 nitrogen and oxygen atoms in total. The summed E-state index contributed by atoms with van der Waals surface area (Å²) >= 11 is 0. The van der Waals surface area contributed by atoms with Crippen LogP contribution < -0.4 is 0 Å². The highest BCUT2D eigenvalue weighted by atomic mass is 16.3. The van der Waals surface area contributed by atoms with E-state index >= 15 is 0 Å². The van der Waals surface area contributed by atoms with Crippen molar-refractivity contribution in [3.8, 4) is 0 Å². The zero-order chi connectivity index (χ0) is 16.3. The average Bonchev–Trinajstić information content (AvgIpc) is 3.00. The van der Waals surface area contributed by atoms with Gasteiger partial charge in [0.2, 0.25) is 0 Å². The predicted molar refractivity (Wildman–Crippen MR) is 93.4 cm³/mol. The summed E-state index contributed by atoms with van der Waals surface area (Å²) < 4.78 is 2.19. The van der Waals surface area contributed by atoms with Crippen molar-refractivity contribution in [3.63, 3.8) is 0 Å². The maximum atomic E-state index is 11.8. The Balaban J connectivity index is 1.50. The van der Waals surface area contributed by atoms with Crippen LogP contribution in [0.15, 0.2) is 36.7 Å². The summed E-state index contributed by atoms with van der Waals surface area (Å²) in [6.07, 6.45) is 10.1. The Morgan fingerprint density at radius 1 is 1.12 bits per heavy atom. The Kier molecular flexibility index (Phi) is 3.18. The molecule has 1 aromatic carbocycles. The van der Waals surface area contributed by atoms with Gasteiger partial charge in [0.05, 0.1) is 0 Å². The molecule has 4 aliphatic rings. The Bertz CT molecular complexity index is 735. The first-order chi connectivity index (χ1) is 11.6. The van der Waals surface area contributed by atoms with Crippen LogP contribution in [0.5, 0.6) is 0 Å². The van der Waals surface area contributed by atoms with Gasteiger partial charge in [-0.15, -0.1) is 0 Å². The number of hydrogen-bond donors (Lipinski definition) is 1. The van der Waals surface area contributed by atoms with E-state index in [1.807, 2.05) is 12.4 Å². The van der Waals surface area contributed by atoms with E-state index in [1.165, 1.54) is 43.2 Å². The van der Waals surface area contributed by atoms with Crippen molar-refractivity contribution in [2.24, 2.45) is 23.7 Å². The van der Waals surface area contributed by atoms with Crippen LogP contribution in [-0.2, 0) is 12.1 Å². The fraction of sp³-hybridized carbons (Fsp3) is 0.571. The predicted octanol–water partition coefficient (Wildman–Crippen LogP) is 3.88. The highest BCUT2D eigenvalue weighted by Gasteiger charge is 2.58. The summed E-state index contributed by atoms with van der Waals surface area (Å²) in [6, 6.07) is 8.63. The summed E-state index contributed by atoms with van der Waals surface area (Å²) in [5.41, 5.74) is 1.85. The maximum absolute atomic E-state index is 11.8. The SMILES string of the molecule is Cc1cccc(Cn2ccnc2C2(O)C3CC4CC(C3)CC2C4)c1. The standard InChI is InChI=1S/C21H26N2O/c1-14-3-2-4-15(7-14)13-23-6-5-22-20(23)21(24)18-9-16-8-17(11-18)12-19(21)10-16/h2-7,16-19,24H,8-13H2,1H3. The van der Waals surface area contributed by atoms with Crippen molar-refractivity contribution in [3.05, 3.63) is 53.6 Å². The van der Waals surface area contributed by atoms with Crippen molar-refractivity contribution in [2.75, 3.05) is 0 Å². The molecule has 1 N–H and O–H groups in total. The third-order valence-electron chi connectivity index (χ3n) is 6.89. The molecule has 4 fully saturated rings. The molecule has 4 saturated carbocycles. The van der Waals surface area contributed by atoms with Crippen LogP contribution in [0.2, 0.25) is 0 Å². The zero-order valence-electron chi connectivity index (χ0n) is 14.4. The molecule has 0 amide bonds. The minimum Gasteiger partial charge on any atom is -0.381 e. The van der Waals surface area contributed by atoms with Gasteiger partial charge in [0.25, 0.3) is 0 Å². The molecular formula is C21H26N2O. The van der Waals surface area contributed by atoms with E-state index in [2.05, 4.69) is 40.7 Å². The van der Waals surface area contributed by atoms with Gasteiger partial charge >= 0.3 is 0 Å².